The number of carbonyl (C=O) groups excluding carboxylic acids is 1. The average molecular weight is 615 g/mol. The lowest BCUT2D eigenvalue weighted by molar-refractivity contribution is -0.132. The standard InChI is InChI=1S/C33H40F2N2O5S/c1-5-6-7-8-9-10-11-12-16-29(41-3)24-15-13-14-23(30(24)42-4)28-20-43-33(36-28)37-31(38)22-18-26(34)25(27(35)19-22)17-21(2)32(39)40/h13-15,17-20,29H,5-12,16H2,1-4H3,(H,39,40)(H,36,37,38). The molecule has 0 aliphatic carbocycles. The van der Waals surface area contributed by atoms with Gasteiger partial charge in [-0.1, -0.05) is 70.4 Å². The summed E-state index contributed by atoms with van der Waals surface area (Å²) in [6, 6.07) is 7.49. The Hall–Kier alpha value is -3.63. The lowest BCUT2D eigenvalue weighted by Gasteiger charge is -2.20. The van der Waals surface area contributed by atoms with Gasteiger partial charge in [-0.3, -0.25) is 10.1 Å². The molecule has 232 valence electrons. The zero-order chi connectivity index (χ0) is 31.4. The number of carbonyl (C=O) groups is 2. The molecule has 1 unspecified atom stereocenters. The van der Waals surface area contributed by atoms with Crippen LogP contribution in [0.25, 0.3) is 17.3 Å². The second-order valence-corrected chi connectivity index (χ2v) is 11.3. The molecule has 1 aromatic heterocycles. The molecule has 0 saturated carbocycles. The van der Waals surface area contributed by atoms with E-state index in [2.05, 4.69) is 17.2 Å². The number of nitrogens with one attached hydrogen (secondary N) is 1. The van der Waals surface area contributed by atoms with Crippen LogP contribution in [0.2, 0.25) is 0 Å². The highest BCUT2D eigenvalue weighted by molar-refractivity contribution is 7.14. The van der Waals surface area contributed by atoms with Gasteiger partial charge in [-0.2, -0.15) is 0 Å². The Morgan fingerprint density at radius 3 is 2.30 bits per heavy atom. The highest BCUT2D eigenvalue weighted by Crippen LogP contribution is 2.39. The van der Waals surface area contributed by atoms with E-state index < -0.39 is 29.1 Å². The second-order valence-electron chi connectivity index (χ2n) is 10.4. The Bertz CT molecular complexity index is 1400. The maximum absolute atomic E-state index is 14.6. The minimum Gasteiger partial charge on any atom is -0.496 e. The van der Waals surface area contributed by atoms with Gasteiger partial charge in [0.1, 0.15) is 17.4 Å². The number of amides is 1. The SMILES string of the molecule is CCCCCCCCCCC(OC)c1cccc(-c2csc(NC(=O)c3cc(F)c(C=C(C)C(=O)O)c(F)c3)n2)c1OC. The Morgan fingerprint density at radius 1 is 1.05 bits per heavy atom. The number of para-hydroxylation sites is 1. The summed E-state index contributed by atoms with van der Waals surface area (Å²) in [6.07, 6.45) is 11.4. The Morgan fingerprint density at radius 2 is 1.70 bits per heavy atom. The first-order chi connectivity index (χ1) is 20.7. The Labute approximate surface area is 256 Å². The summed E-state index contributed by atoms with van der Waals surface area (Å²) >= 11 is 1.16. The average Bonchev–Trinajstić information content (AvgIpc) is 3.45. The lowest BCUT2D eigenvalue weighted by atomic mass is 9.98. The van der Waals surface area contributed by atoms with E-state index in [4.69, 9.17) is 14.6 Å². The smallest absolute Gasteiger partial charge is 0.331 e. The molecule has 0 radical (unpaired) electrons. The fourth-order valence-electron chi connectivity index (χ4n) is 4.86. The molecular weight excluding hydrogens is 574 g/mol. The van der Waals surface area contributed by atoms with Gasteiger partial charge in [-0.25, -0.2) is 18.6 Å². The number of thiazole rings is 1. The van der Waals surface area contributed by atoms with E-state index in [1.807, 2.05) is 18.2 Å². The first-order valence-corrected chi connectivity index (χ1v) is 15.5. The van der Waals surface area contributed by atoms with Gasteiger partial charge in [-0.15, -0.1) is 11.3 Å². The van der Waals surface area contributed by atoms with Crippen molar-refractivity contribution in [3.63, 3.8) is 0 Å². The van der Waals surface area contributed by atoms with Crippen LogP contribution in [0.4, 0.5) is 13.9 Å². The van der Waals surface area contributed by atoms with Crippen LogP contribution in [0.1, 0.15) is 99.2 Å². The van der Waals surface area contributed by atoms with E-state index in [0.29, 0.717) is 11.4 Å². The van der Waals surface area contributed by atoms with Crippen molar-refractivity contribution in [2.24, 2.45) is 0 Å². The molecule has 1 heterocycles. The van der Waals surface area contributed by atoms with Gasteiger partial charge in [-0.05, 0) is 37.6 Å². The normalized spacial score (nSPS) is 12.3. The summed E-state index contributed by atoms with van der Waals surface area (Å²) in [5.41, 5.74) is 1.19. The number of hydrogen-bond acceptors (Lipinski definition) is 6. The van der Waals surface area contributed by atoms with Gasteiger partial charge < -0.3 is 14.6 Å². The van der Waals surface area contributed by atoms with Crippen molar-refractivity contribution in [1.82, 2.24) is 4.98 Å². The number of anilines is 1. The van der Waals surface area contributed by atoms with Crippen LogP contribution in [0, 0.1) is 11.6 Å². The van der Waals surface area contributed by atoms with Crippen molar-refractivity contribution in [2.75, 3.05) is 19.5 Å². The minimum absolute atomic E-state index is 0.144. The number of rotatable bonds is 17. The first-order valence-electron chi connectivity index (χ1n) is 14.6. The highest BCUT2D eigenvalue weighted by Gasteiger charge is 2.21. The Kier molecular flexibility index (Phi) is 13.3. The third-order valence-electron chi connectivity index (χ3n) is 7.24. The van der Waals surface area contributed by atoms with Crippen LogP contribution in [0.15, 0.2) is 41.3 Å². The summed E-state index contributed by atoms with van der Waals surface area (Å²) in [6.45, 7) is 3.44. The predicted molar refractivity (Wildman–Crippen MR) is 167 cm³/mol. The molecule has 1 atom stereocenters. The second kappa shape index (κ2) is 16.9. The number of aromatic nitrogens is 1. The molecule has 0 fully saturated rings. The maximum atomic E-state index is 14.6. The van der Waals surface area contributed by atoms with E-state index in [9.17, 15) is 18.4 Å². The molecule has 0 spiro atoms. The molecule has 43 heavy (non-hydrogen) atoms. The molecule has 0 saturated heterocycles. The zero-order valence-corrected chi connectivity index (χ0v) is 26.0. The third kappa shape index (κ3) is 9.43. The molecule has 2 aromatic carbocycles. The van der Waals surface area contributed by atoms with E-state index >= 15 is 0 Å². The molecule has 3 aromatic rings. The van der Waals surface area contributed by atoms with E-state index in [1.165, 1.54) is 45.4 Å². The number of nitrogens with zero attached hydrogens (tertiary/aromatic N) is 1. The molecule has 7 nitrogen and oxygen atoms in total. The fourth-order valence-corrected chi connectivity index (χ4v) is 5.56. The van der Waals surface area contributed by atoms with Crippen molar-refractivity contribution in [3.05, 3.63) is 69.6 Å². The van der Waals surface area contributed by atoms with E-state index in [-0.39, 0.29) is 22.4 Å². The summed E-state index contributed by atoms with van der Waals surface area (Å²) in [4.78, 5) is 28.3. The number of carboxylic acid groups (broad SMARTS) is 1. The number of halogens is 2. The number of ether oxygens (including phenoxy) is 2. The van der Waals surface area contributed by atoms with Gasteiger partial charge in [0, 0.05) is 40.3 Å². The van der Waals surface area contributed by atoms with Crippen molar-refractivity contribution in [2.45, 2.75) is 77.7 Å². The molecule has 2 N–H and O–H groups in total. The van der Waals surface area contributed by atoms with Crippen LogP contribution in [0.5, 0.6) is 5.75 Å². The molecule has 1 amide bonds. The number of methoxy groups -OCH3 is 2. The van der Waals surface area contributed by atoms with Gasteiger partial charge >= 0.3 is 5.97 Å². The van der Waals surface area contributed by atoms with Crippen molar-refractivity contribution >= 4 is 34.4 Å². The number of hydrogen-bond donors (Lipinski definition) is 2. The van der Waals surface area contributed by atoms with Gasteiger partial charge in [0.25, 0.3) is 5.91 Å². The summed E-state index contributed by atoms with van der Waals surface area (Å²) in [5.74, 6) is -3.52. The summed E-state index contributed by atoms with van der Waals surface area (Å²) in [7, 11) is 3.29. The lowest BCUT2D eigenvalue weighted by Crippen LogP contribution is -2.13. The van der Waals surface area contributed by atoms with Crippen molar-refractivity contribution < 1.29 is 33.0 Å². The summed E-state index contributed by atoms with van der Waals surface area (Å²) < 4.78 is 40.8. The van der Waals surface area contributed by atoms with Crippen LogP contribution >= 0.6 is 11.3 Å². The monoisotopic (exact) mass is 614 g/mol. The van der Waals surface area contributed by atoms with Crippen LogP contribution < -0.4 is 10.1 Å². The Balaban J connectivity index is 1.71. The number of benzene rings is 2. The van der Waals surface area contributed by atoms with Crippen LogP contribution in [0.3, 0.4) is 0 Å². The highest BCUT2D eigenvalue weighted by atomic mass is 32.1. The molecule has 10 heteroatoms. The number of aliphatic carboxylic acids is 1. The van der Waals surface area contributed by atoms with E-state index in [0.717, 1.165) is 59.9 Å². The van der Waals surface area contributed by atoms with Crippen LogP contribution in [-0.4, -0.2) is 36.2 Å². The number of carboxylic acids is 1. The molecule has 0 aliphatic rings. The van der Waals surface area contributed by atoms with E-state index in [1.54, 1.807) is 19.6 Å². The zero-order valence-electron chi connectivity index (χ0n) is 25.2. The summed E-state index contributed by atoms with van der Waals surface area (Å²) in [5, 5.41) is 13.6. The quantitative estimate of drug-likeness (QED) is 0.116. The van der Waals surface area contributed by atoms with Gasteiger partial charge in [0.05, 0.1) is 18.9 Å². The third-order valence-corrected chi connectivity index (χ3v) is 8.00. The molecular formula is C33H40F2N2O5S. The fraction of sp³-hybridized carbons (Fsp3) is 0.424. The van der Waals surface area contributed by atoms with Crippen LogP contribution in [-0.2, 0) is 9.53 Å². The first kappa shape index (κ1) is 33.9. The number of unbranched alkanes of at least 4 members (excludes halogenated alkanes) is 7. The maximum Gasteiger partial charge on any atom is 0.331 e. The van der Waals surface area contributed by atoms with Gasteiger partial charge in [0.15, 0.2) is 5.13 Å². The predicted octanol–water partition coefficient (Wildman–Crippen LogP) is 9.06. The van der Waals surface area contributed by atoms with Gasteiger partial charge in [0.2, 0.25) is 0 Å². The molecule has 0 bridgehead atoms. The largest absolute Gasteiger partial charge is 0.496 e. The van der Waals surface area contributed by atoms with Crippen molar-refractivity contribution in [3.8, 4) is 17.0 Å². The molecule has 0 aliphatic heterocycles. The topological polar surface area (TPSA) is 97.8 Å². The molecule has 3 rings (SSSR count). The minimum atomic E-state index is -1.30. The van der Waals surface area contributed by atoms with Crippen molar-refractivity contribution in [1.29, 1.82) is 0 Å².